The fourth-order valence-corrected chi connectivity index (χ4v) is 5.82. The lowest BCUT2D eigenvalue weighted by Crippen LogP contribution is -2.33. The molecule has 9 heteroatoms. The molecule has 4 rings (SSSR count). The molecule has 6 nitrogen and oxygen atoms in total. The van der Waals surface area contributed by atoms with Gasteiger partial charge in [0.15, 0.2) is 5.11 Å². The first kappa shape index (κ1) is 28.8. The zero-order chi connectivity index (χ0) is 28.0. The van der Waals surface area contributed by atoms with Crippen LogP contribution in [0.25, 0.3) is 21.0 Å². The topological polar surface area (TPSA) is 78.1 Å². The third kappa shape index (κ3) is 8.37. The maximum absolute atomic E-state index is 12.7. The third-order valence-corrected chi connectivity index (χ3v) is 7.89. The van der Waals surface area contributed by atoms with Gasteiger partial charge in [0, 0.05) is 50.7 Å². The number of hydrogen-bond donors (Lipinski definition) is 4. The van der Waals surface area contributed by atoms with Gasteiger partial charge >= 0.3 is 0 Å². The molecule has 1 heterocycles. The Morgan fingerprint density at radius 2 is 1.64 bits per heavy atom. The Morgan fingerprint density at radius 3 is 2.31 bits per heavy atom. The molecule has 0 aliphatic rings. The number of aromatic nitrogens is 1. The van der Waals surface area contributed by atoms with Crippen molar-refractivity contribution >= 4 is 57.9 Å². The number of carbonyl (C=O) groups is 1. The predicted octanol–water partition coefficient (Wildman–Crippen LogP) is 7.82. The van der Waals surface area contributed by atoms with E-state index in [2.05, 4.69) is 55.3 Å². The van der Waals surface area contributed by atoms with E-state index in [9.17, 15) is 4.79 Å². The van der Waals surface area contributed by atoms with Crippen LogP contribution in [0.2, 0.25) is 0 Å². The Kier molecular flexibility index (Phi) is 9.40. The third-order valence-electron chi connectivity index (χ3n) is 5.32. The van der Waals surface area contributed by atoms with Crippen LogP contribution in [-0.4, -0.2) is 27.6 Å². The molecule has 0 unspecified atom stereocenters. The fraction of sp³-hybridized carbons (Fsp3) is 0.233. The molecule has 1 amide bonds. The van der Waals surface area contributed by atoms with Crippen molar-refractivity contribution in [1.82, 2.24) is 15.0 Å². The SMILES string of the molecule is CC(C)NC(=S)Nc1ccc(-c2ncc(-c3ccc(NC(=O)c4ccccc4)cc3SNC(C)(C)C)s2)cc1. The molecule has 0 saturated carbocycles. The van der Waals surface area contributed by atoms with E-state index in [0.717, 1.165) is 37.3 Å². The minimum Gasteiger partial charge on any atom is -0.360 e. The highest BCUT2D eigenvalue weighted by atomic mass is 32.2. The first-order chi connectivity index (χ1) is 18.6. The molecule has 39 heavy (non-hydrogen) atoms. The average Bonchev–Trinajstić information content (AvgIpc) is 3.38. The summed E-state index contributed by atoms with van der Waals surface area (Å²) in [7, 11) is 0. The van der Waals surface area contributed by atoms with Gasteiger partial charge in [-0.3, -0.25) is 9.52 Å². The van der Waals surface area contributed by atoms with Crippen molar-refractivity contribution in [2.75, 3.05) is 10.6 Å². The summed E-state index contributed by atoms with van der Waals surface area (Å²) >= 11 is 8.53. The highest BCUT2D eigenvalue weighted by Crippen LogP contribution is 2.39. The van der Waals surface area contributed by atoms with Crippen LogP contribution in [0.3, 0.4) is 0 Å². The van der Waals surface area contributed by atoms with Crippen molar-refractivity contribution in [3.05, 3.63) is 84.6 Å². The van der Waals surface area contributed by atoms with E-state index in [1.807, 2.05) is 66.9 Å². The second-order valence-electron chi connectivity index (χ2n) is 10.3. The van der Waals surface area contributed by atoms with Crippen LogP contribution in [0.15, 0.2) is 83.9 Å². The smallest absolute Gasteiger partial charge is 0.255 e. The van der Waals surface area contributed by atoms with Gasteiger partial charge in [0.1, 0.15) is 5.01 Å². The van der Waals surface area contributed by atoms with E-state index in [1.165, 1.54) is 0 Å². The highest BCUT2D eigenvalue weighted by molar-refractivity contribution is 7.97. The van der Waals surface area contributed by atoms with Gasteiger partial charge in [0.05, 0.1) is 4.88 Å². The highest BCUT2D eigenvalue weighted by Gasteiger charge is 2.16. The van der Waals surface area contributed by atoms with Crippen molar-refractivity contribution in [3.63, 3.8) is 0 Å². The number of nitrogens with one attached hydrogen (secondary N) is 4. The Labute approximate surface area is 244 Å². The molecule has 0 atom stereocenters. The van der Waals surface area contributed by atoms with E-state index in [-0.39, 0.29) is 17.5 Å². The molecular weight excluding hydrogens is 543 g/mol. The van der Waals surface area contributed by atoms with Gasteiger partial charge in [-0.2, -0.15) is 0 Å². The van der Waals surface area contributed by atoms with Gasteiger partial charge < -0.3 is 16.0 Å². The zero-order valence-electron chi connectivity index (χ0n) is 22.7. The second kappa shape index (κ2) is 12.7. The summed E-state index contributed by atoms with van der Waals surface area (Å²) in [4.78, 5) is 19.5. The minimum atomic E-state index is -0.137. The average molecular weight is 576 g/mol. The number of carbonyl (C=O) groups excluding carboxylic acids is 1. The monoisotopic (exact) mass is 575 g/mol. The molecule has 0 aliphatic heterocycles. The summed E-state index contributed by atoms with van der Waals surface area (Å²) in [6.45, 7) is 10.5. The van der Waals surface area contributed by atoms with Crippen molar-refractivity contribution in [2.24, 2.45) is 0 Å². The van der Waals surface area contributed by atoms with E-state index in [4.69, 9.17) is 17.2 Å². The maximum atomic E-state index is 12.7. The Bertz CT molecular complexity index is 1430. The number of thiocarbonyl (C=S) groups is 1. The van der Waals surface area contributed by atoms with Crippen LogP contribution in [0.4, 0.5) is 11.4 Å². The van der Waals surface area contributed by atoms with Crippen molar-refractivity contribution in [1.29, 1.82) is 0 Å². The molecule has 1 aromatic heterocycles. The van der Waals surface area contributed by atoms with E-state index < -0.39 is 0 Å². The molecule has 202 valence electrons. The molecule has 0 fully saturated rings. The number of thiazole rings is 1. The van der Waals surface area contributed by atoms with E-state index >= 15 is 0 Å². The maximum Gasteiger partial charge on any atom is 0.255 e. The van der Waals surface area contributed by atoms with Gasteiger partial charge in [-0.25, -0.2) is 4.98 Å². The first-order valence-corrected chi connectivity index (χ1v) is 14.7. The Morgan fingerprint density at radius 1 is 0.949 bits per heavy atom. The summed E-state index contributed by atoms with van der Waals surface area (Å²) in [6, 6.07) is 23.6. The molecule has 0 radical (unpaired) electrons. The van der Waals surface area contributed by atoms with Gasteiger partial charge in [-0.1, -0.05) is 24.3 Å². The van der Waals surface area contributed by atoms with Crippen LogP contribution in [-0.2, 0) is 0 Å². The number of nitrogens with zero attached hydrogens (tertiary/aromatic N) is 1. The molecule has 4 N–H and O–H groups in total. The Hall–Kier alpha value is -3.24. The number of rotatable bonds is 8. The number of hydrogen-bond acceptors (Lipinski definition) is 6. The predicted molar refractivity (Wildman–Crippen MR) is 171 cm³/mol. The number of anilines is 2. The summed E-state index contributed by atoms with van der Waals surface area (Å²) in [6.07, 6.45) is 1.91. The fourth-order valence-electron chi connectivity index (χ4n) is 3.55. The lowest BCUT2D eigenvalue weighted by Gasteiger charge is -2.21. The standard InChI is InChI=1S/C30H33N5OS3/c1-19(2)32-29(37)34-22-13-11-21(12-14-22)28-31-18-26(38-28)24-16-15-23(17-25(24)39-35-30(3,4)5)33-27(36)20-9-7-6-8-10-20/h6-19,35H,1-5H3,(H,33,36)(H2,32,34,37). The van der Waals surface area contributed by atoms with Crippen LogP contribution < -0.4 is 20.7 Å². The molecule has 0 spiro atoms. The van der Waals surface area contributed by atoms with Crippen LogP contribution >= 0.6 is 35.5 Å². The number of amides is 1. The summed E-state index contributed by atoms with van der Waals surface area (Å²) in [5.41, 5.74) is 4.29. The molecule has 0 aliphatic carbocycles. The lowest BCUT2D eigenvalue weighted by atomic mass is 10.1. The van der Waals surface area contributed by atoms with Crippen molar-refractivity contribution in [3.8, 4) is 21.0 Å². The van der Waals surface area contributed by atoms with Crippen molar-refractivity contribution < 1.29 is 4.79 Å². The molecule has 0 bridgehead atoms. The van der Waals surface area contributed by atoms with Crippen molar-refractivity contribution in [2.45, 2.75) is 51.1 Å². The van der Waals surface area contributed by atoms with Crippen LogP contribution in [0.5, 0.6) is 0 Å². The first-order valence-electron chi connectivity index (χ1n) is 12.7. The van der Waals surface area contributed by atoms with Gasteiger partial charge in [0.2, 0.25) is 0 Å². The Balaban J connectivity index is 1.55. The summed E-state index contributed by atoms with van der Waals surface area (Å²) in [5.74, 6) is -0.137. The summed E-state index contributed by atoms with van der Waals surface area (Å²) < 4.78 is 3.50. The van der Waals surface area contributed by atoms with Gasteiger partial charge in [-0.15, -0.1) is 11.3 Å². The quantitative estimate of drug-likeness (QED) is 0.126. The second-order valence-corrected chi connectivity index (χ2v) is 12.6. The molecule has 3 aromatic carbocycles. The normalized spacial score (nSPS) is 11.3. The lowest BCUT2D eigenvalue weighted by molar-refractivity contribution is 0.102. The number of benzene rings is 3. The van der Waals surface area contributed by atoms with E-state index in [1.54, 1.807) is 35.4 Å². The zero-order valence-corrected chi connectivity index (χ0v) is 25.1. The van der Waals surface area contributed by atoms with Gasteiger partial charge in [0.25, 0.3) is 5.91 Å². The van der Waals surface area contributed by atoms with E-state index in [0.29, 0.717) is 10.7 Å². The minimum absolute atomic E-state index is 0.0904. The molecular formula is C30H33N5OS3. The van der Waals surface area contributed by atoms with Gasteiger partial charge in [-0.05, 0) is 107 Å². The van der Waals surface area contributed by atoms with Crippen LogP contribution in [0, 0.1) is 0 Å². The largest absolute Gasteiger partial charge is 0.360 e. The van der Waals surface area contributed by atoms with Crippen LogP contribution in [0.1, 0.15) is 45.0 Å². The molecule has 0 saturated heterocycles. The molecule has 4 aromatic rings. The summed E-state index contributed by atoms with van der Waals surface area (Å²) in [5, 5.41) is 11.0.